The fourth-order valence-electron chi connectivity index (χ4n) is 16.1. The molecule has 26 nitrogen and oxygen atoms in total. The lowest BCUT2D eigenvalue weighted by molar-refractivity contribution is -0.394. The molecule has 6 aliphatic heterocycles. The molecule has 0 aromatic carbocycles. The summed E-state index contributed by atoms with van der Waals surface area (Å²) in [7, 11) is 0. The largest absolute Gasteiger partial charge is 0.394 e. The quantitative estimate of drug-likeness (QED) is 0.0680. The first-order chi connectivity index (χ1) is 39.1. The van der Waals surface area contributed by atoms with E-state index >= 15 is 0 Å². The molecule has 0 spiro atoms. The molecule has 15 N–H and O–H groups in total. The number of fused-ring (bicyclic) bond motifs is 7. The zero-order chi connectivity index (χ0) is 60.1. The number of hydrogen-bond donors (Lipinski definition) is 15. The van der Waals surface area contributed by atoms with Gasteiger partial charge >= 0.3 is 0 Å². The smallest absolute Gasteiger partial charge is 0.187 e. The highest BCUT2D eigenvalue weighted by Crippen LogP contribution is 2.69. The van der Waals surface area contributed by atoms with Gasteiger partial charge in [-0.2, -0.15) is 0 Å². The number of aliphatic hydroxyl groups excluding tert-OH is 14. The van der Waals surface area contributed by atoms with Crippen LogP contribution in [0, 0.1) is 46.3 Å². The van der Waals surface area contributed by atoms with Crippen molar-refractivity contribution < 1.29 is 129 Å². The highest BCUT2D eigenvalue weighted by Gasteiger charge is 2.68. The summed E-state index contributed by atoms with van der Waals surface area (Å²) in [5.74, 6) is -0.754. The van der Waals surface area contributed by atoms with Gasteiger partial charge in [0.1, 0.15) is 104 Å². The summed E-state index contributed by atoms with van der Waals surface area (Å²) < 4.78 is 67.0. The van der Waals surface area contributed by atoms with Gasteiger partial charge in [-0.3, -0.25) is 0 Å². The fourth-order valence-corrected chi connectivity index (χ4v) is 16.1. The predicted octanol–water partition coefficient (Wildman–Crippen LogP) is -3.13. The maximum absolute atomic E-state index is 12.3. The Bertz CT molecular complexity index is 2200. The van der Waals surface area contributed by atoms with Crippen molar-refractivity contribution in [3.8, 4) is 0 Å². The first-order valence-electron chi connectivity index (χ1n) is 30.1. The Morgan fingerprint density at radius 2 is 1.12 bits per heavy atom. The summed E-state index contributed by atoms with van der Waals surface area (Å²) in [5, 5.41) is 162. The van der Waals surface area contributed by atoms with Crippen molar-refractivity contribution in [1.82, 2.24) is 0 Å². The van der Waals surface area contributed by atoms with E-state index in [2.05, 4.69) is 26.8 Å². The Hall–Kier alpha value is -1.30. The van der Waals surface area contributed by atoms with Crippen molar-refractivity contribution in [3.05, 3.63) is 11.6 Å². The Balaban J connectivity index is 0.804. The fraction of sp³-hybridized carbons (Fsp3) is 0.965. The lowest BCUT2D eigenvalue weighted by Gasteiger charge is -2.58. The van der Waals surface area contributed by atoms with E-state index in [1.165, 1.54) is 26.3 Å². The Labute approximate surface area is 483 Å². The molecular weight excluding hydrogens is 1100 g/mol. The SMILES string of the molecule is C[C@H](CC[C@@]1(O)O[C@@H]2[C@@H](C[C@@]3(C)CC[C@H]4[C@@H](CC=C5C[C@@H](O[C@@H]6O[C@H](CO)[C@@H](O[C@@H]7O[C@@H](C)[C@H](O[C@@H]8O[C@@H](C)[C@H](O)[C@@H](O)[C@H]8O)[C@@H](O)[C@H]7O)[C@H](O)[C@H]6O[C@@H]6O[C@@H](C)[C@H](O)[C@@H](O)[C@H]6O)CC[C@@]54C)[C@H]23)[C@@H]1C)CO[C@@H]1O[C@H](CO)[C@@H](O)[C@H](O)[C@H]1O. The molecule has 10 aliphatic rings. The topological polar surface area (TPSA) is 405 Å². The number of hydrogen-bond acceptors (Lipinski definition) is 26. The molecular formula is C57H94O26. The van der Waals surface area contributed by atoms with Crippen molar-refractivity contribution in [3.63, 3.8) is 0 Å². The van der Waals surface area contributed by atoms with Crippen LogP contribution in [0.1, 0.15) is 106 Å². The second kappa shape index (κ2) is 25.2. The third-order valence-corrected chi connectivity index (χ3v) is 21.4. The first-order valence-corrected chi connectivity index (χ1v) is 30.1. The average Bonchev–Trinajstić information content (AvgIpc) is 2.34. The van der Waals surface area contributed by atoms with Crippen molar-refractivity contribution in [1.29, 1.82) is 0 Å². The van der Waals surface area contributed by atoms with Crippen LogP contribution in [0.4, 0.5) is 0 Å². The molecule has 9 fully saturated rings. The van der Waals surface area contributed by atoms with Crippen LogP contribution in [0.3, 0.4) is 0 Å². The number of allylic oxidation sites excluding steroid dienone is 1. The third-order valence-electron chi connectivity index (χ3n) is 21.4. The minimum Gasteiger partial charge on any atom is -0.394 e. The van der Waals surface area contributed by atoms with Crippen LogP contribution in [-0.2, 0) is 52.1 Å². The summed E-state index contributed by atoms with van der Waals surface area (Å²) in [6.07, 6.45) is -29.4. The number of ether oxygens (including phenoxy) is 11. The zero-order valence-corrected chi connectivity index (χ0v) is 48.3. The van der Waals surface area contributed by atoms with Gasteiger partial charge in [0, 0.05) is 12.3 Å². The summed E-state index contributed by atoms with van der Waals surface area (Å²) >= 11 is 0. The van der Waals surface area contributed by atoms with E-state index < -0.39 is 179 Å². The third kappa shape index (κ3) is 11.9. The van der Waals surface area contributed by atoms with Gasteiger partial charge in [-0.05, 0) is 113 Å². The van der Waals surface area contributed by atoms with E-state index in [9.17, 15) is 76.6 Å². The van der Waals surface area contributed by atoms with E-state index in [1.54, 1.807) is 0 Å². The van der Waals surface area contributed by atoms with Crippen molar-refractivity contribution in [2.75, 3.05) is 19.8 Å². The molecule has 0 aromatic heterocycles. The molecule has 83 heavy (non-hydrogen) atoms. The molecule has 0 radical (unpaired) electrons. The van der Waals surface area contributed by atoms with Gasteiger partial charge in [0.2, 0.25) is 0 Å². The average molecular weight is 1200 g/mol. The van der Waals surface area contributed by atoms with E-state index in [0.29, 0.717) is 31.6 Å². The van der Waals surface area contributed by atoms with Gasteiger partial charge in [0.05, 0.1) is 50.3 Å². The van der Waals surface area contributed by atoms with Gasteiger partial charge in [-0.1, -0.05) is 39.3 Å². The van der Waals surface area contributed by atoms with E-state index in [-0.39, 0.29) is 53.1 Å². The molecule has 3 saturated carbocycles. The normalized spacial score (nSPS) is 55.9. The summed E-state index contributed by atoms with van der Waals surface area (Å²) in [6.45, 7) is 11.9. The number of rotatable bonds is 16. The monoisotopic (exact) mass is 1190 g/mol. The Morgan fingerprint density at radius 3 is 1.75 bits per heavy atom. The van der Waals surface area contributed by atoms with Crippen LogP contribution in [0.5, 0.6) is 0 Å². The highest BCUT2D eigenvalue weighted by molar-refractivity contribution is 5.26. The molecule has 6 heterocycles. The second-order valence-electron chi connectivity index (χ2n) is 26.7. The van der Waals surface area contributed by atoms with Gasteiger partial charge in [0.25, 0.3) is 0 Å². The van der Waals surface area contributed by atoms with Crippen LogP contribution < -0.4 is 0 Å². The summed E-state index contributed by atoms with van der Waals surface area (Å²) in [5.41, 5.74) is 0.990. The molecule has 6 saturated heterocycles. The van der Waals surface area contributed by atoms with Crippen LogP contribution in [0.2, 0.25) is 0 Å². The summed E-state index contributed by atoms with van der Waals surface area (Å²) in [6, 6.07) is 0. The van der Waals surface area contributed by atoms with Gasteiger partial charge < -0.3 is 129 Å². The van der Waals surface area contributed by atoms with E-state index in [4.69, 9.17) is 52.1 Å². The predicted molar refractivity (Wildman–Crippen MR) is 280 cm³/mol. The van der Waals surface area contributed by atoms with Gasteiger partial charge in [-0.25, -0.2) is 0 Å². The maximum Gasteiger partial charge on any atom is 0.187 e. The van der Waals surface area contributed by atoms with E-state index in [1.807, 2.05) is 6.92 Å². The lowest BCUT2D eigenvalue weighted by Crippen LogP contribution is -2.67. The van der Waals surface area contributed by atoms with Crippen molar-refractivity contribution in [2.24, 2.45) is 46.3 Å². The van der Waals surface area contributed by atoms with E-state index in [0.717, 1.165) is 32.1 Å². The Kier molecular flexibility index (Phi) is 19.6. The zero-order valence-electron chi connectivity index (χ0n) is 48.3. The molecule has 0 amide bonds. The molecule has 0 aromatic rings. The molecule has 0 bridgehead atoms. The van der Waals surface area contributed by atoms with Gasteiger partial charge in [-0.15, -0.1) is 0 Å². The molecule has 26 heteroatoms. The maximum atomic E-state index is 12.3. The molecule has 0 unspecified atom stereocenters. The molecule has 10 rings (SSSR count). The van der Waals surface area contributed by atoms with Crippen molar-refractivity contribution >= 4 is 0 Å². The van der Waals surface area contributed by atoms with Crippen LogP contribution in [0.25, 0.3) is 0 Å². The molecule has 4 aliphatic carbocycles. The van der Waals surface area contributed by atoms with Crippen molar-refractivity contribution in [2.45, 2.75) is 278 Å². The second-order valence-corrected chi connectivity index (χ2v) is 26.7. The van der Waals surface area contributed by atoms with Crippen LogP contribution in [0.15, 0.2) is 11.6 Å². The minimum absolute atomic E-state index is 0.00192. The minimum atomic E-state index is -1.89. The molecule has 36 atom stereocenters. The van der Waals surface area contributed by atoms with Gasteiger partial charge in [0.15, 0.2) is 37.2 Å². The standard InChI is InChI=1S/C57H94O26/c1-21(20-73-50-41(67)39(65)36(62)31(18-58)78-50)10-15-57(72)22(2)29-17-55(6)13-12-30-28(33(55)47(29)83-57)9-8-26-16-27(11-14-56(26,30)7)77-54-49(82-52-43(69)38(64)35(61)24(4)75-52)45(71)48(32(19-59)79-54)81-53-44(70)40(66)46(25(5)76-53)80-51-42(68)37(63)34(60)23(3)74-51/h8,21-25,27-54,58-72H,9-20H2,1-7H3/t21-,22+,23+,24+,25+,27+,28-,29+,30+,31-,32-,33-,34+,35+,36-,37-,38-,39+,40+,41-,42-,43-,44-,45+,46+,47-,48-,49-,50-,51+,52+,53+,54-,55-,56+,57-/m1/s1. The highest BCUT2D eigenvalue weighted by atomic mass is 16.8. The number of aliphatic hydroxyl groups is 15. The first kappa shape index (κ1) is 64.7. The van der Waals surface area contributed by atoms with Crippen LogP contribution in [-0.4, -0.2) is 268 Å². The van der Waals surface area contributed by atoms with Crippen LogP contribution >= 0.6 is 0 Å². The summed E-state index contributed by atoms with van der Waals surface area (Å²) in [4.78, 5) is 0. The Morgan fingerprint density at radius 1 is 0.566 bits per heavy atom. The lowest BCUT2D eigenvalue weighted by atomic mass is 9.48. The molecule has 478 valence electrons.